The number of carbonyl (C=O) groups excluding carboxylic acids is 3. The van der Waals surface area contributed by atoms with Crippen molar-refractivity contribution in [1.29, 1.82) is 0 Å². The molecule has 3 amide bonds. The lowest BCUT2D eigenvalue weighted by atomic mass is 9.85. The highest BCUT2D eigenvalue weighted by Gasteiger charge is 2.59. The third-order valence-corrected chi connectivity index (χ3v) is 9.04. The average molecular weight is 530 g/mol. The van der Waals surface area contributed by atoms with Crippen molar-refractivity contribution in [2.24, 2.45) is 23.7 Å². The van der Waals surface area contributed by atoms with Gasteiger partial charge in [-0.25, -0.2) is 9.88 Å². The quantitative estimate of drug-likeness (QED) is 0.274. The van der Waals surface area contributed by atoms with Crippen LogP contribution in [0.2, 0.25) is 0 Å². The van der Waals surface area contributed by atoms with Crippen LogP contribution in [0.3, 0.4) is 0 Å². The molecule has 3 aromatic rings. The molecule has 6 rings (SSSR count). The van der Waals surface area contributed by atoms with Gasteiger partial charge in [-0.1, -0.05) is 30.0 Å². The number of carbonyl (C=O) groups is 3. The molecule has 0 spiro atoms. The zero-order valence-electron chi connectivity index (χ0n) is 18.5. The van der Waals surface area contributed by atoms with E-state index in [1.807, 2.05) is 0 Å². The van der Waals surface area contributed by atoms with Gasteiger partial charge in [-0.2, -0.15) is 13.2 Å². The van der Waals surface area contributed by atoms with Gasteiger partial charge in [0.25, 0.3) is 0 Å². The maximum Gasteiger partial charge on any atom is 0.416 e. The second-order valence-electron chi connectivity index (χ2n) is 9.06. The van der Waals surface area contributed by atoms with Gasteiger partial charge in [0.05, 0.1) is 39.1 Å². The number of halogens is 3. The molecule has 2 aromatic carbocycles. The molecule has 2 fully saturated rings. The maximum absolute atomic E-state index is 13.1. The standard InChI is InChI=1S/C25H18F3N3O3S2/c26-25(27,28)14-2-1-3-15(9-14)29-19(32)11-35-24-30-17-7-6-16(10-18(17)36-24)31-22(33)20-12-4-5-13(8-12)21(20)23(31)34/h1-7,9-10,12-13,20-21H,8,11H2,(H,29,32)/t12-,13-,20-,21-/m0/s1. The maximum atomic E-state index is 13.1. The number of imide groups is 1. The van der Waals surface area contributed by atoms with Crippen LogP contribution in [-0.2, 0) is 20.6 Å². The fraction of sp³-hybridized carbons (Fsp3) is 0.280. The minimum absolute atomic E-state index is 0.0365. The number of fused-ring (bicyclic) bond motifs is 6. The van der Waals surface area contributed by atoms with Crippen LogP contribution in [0.25, 0.3) is 10.2 Å². The summed E-state index contributed by atoms with van der Waals surface area (Å²) in [5, 5.41) is 2.48. The van der Waals surface area contributed by atoms with E-state index in [0.717, 1.165) is 35.0 Å². The van der Waals surface area contributed by atoms with Gasteiger partial charge in [-0.05, 0) is 54.7 Å². The molecule has 36 heavy (non-hydrogen) atoms. The van der Waals surface area contributed by atoms with Crippen molar-refractivity contribution in [2.75, 3.05) is 16.0 Å². The monoisotopic (exact) mass is 529 g/mol. The first-order valence-corrected chi connectivity index (χ1v) is 13.1. The fourth-order valence-electron chi connectivity index (χ4n) is 5.35. The molecule has 1 N–H and O–H groups in total. The number of hydrogen-bond acceptors (Lipinski definition) is 6. The first kappa shape index (κ1) is 23.2. The number of alkyl halides is 3. The van der Waals surface area contributed by atoms with Crippen molar-refractivity contribution in [3.8, 4) is 0 Å². The highest BCUT2D eigenvalue weighted by atomic mass is 32.2. The Balaban J connectivity index is 1.14. The molecule has 2 heterocycles. The molecule has 4 atom stereocenters. The summed E-state index contributed by atoms with van der Waals surface area (Å²) in [5.41, 5.74) is 0.425. The summed E-state index contributed by atoms with van der Waals surface area (Å²) in [5.74, 6) is -1.06. The molecule has 184 valence electrons. The number of nitrogens with zero attached hydrogens (tertiary/aromatic N) is 2. The van der Waals surface area contributed by atoms with Crippen LogP contribution >= 0.6 is 23.1 Å². The highest BCUT2D eigenvalue weighted by Crippen LogP contribution is 2.53. The van der Waals surface area contributed by atoms with Crippen molar-refractivity contribution in [2.45, 2.75) is 16.9 Å². The van der Waals surface area contributed by atoms with Crippen molar-refractivity contribution in [3.05, 3.63) is 60.2 Å². The Bertz CT molecular complexity index is 1420. The van der Waals surface area contributed by atoms with Gasteiger partial charge in [0, 0.05) is 5.69 Å². The molecular formula is C25H18F3N3O3S2. The van der Waals surface area contributed by atoms with Gasteiger partial charge in [-0.15, -0.1) is 11.3 Å². The Morgan fingerprint density at radius 2 is 1.81 bits per heavy atom. The van der Waals surface area contributed by atoms with Crippen LogP contribution in [0.15, 0.2) is 59.0 Å². The van der Waals surface area contributed by atoms with Crippen molar-refractivity contribution in [3.63, 3.8) is 0 Å². The summed E-state index contributed by atoms with van der Waals surface area (Å²) in [6, 6.07) is 9.69. The van der Waals surface area contributed by atoms with Crippen molar-refractivity contribution < 1.29 is 27.6 Å². The third kappa shape index (κ3) is 3.90. The third-order valence-electron chi connectivity index (χ3n) is 6.88. The molecule has 2 bridgehead atoms. The Morgan fingerprint density at radius 1 is 1.08 bits per heavy atom. The van der Waals surface area contributed by atoms with E-state index in [9.17, 15) is 27.6 Å². The van der Waals surface area contributed by atoms with Crippen LogP contribution in [0.1, 0.15) is 12.0 Å². The molecular weight excluding hydrogens is 511 g/mol. The van der Waals surface area contributed by atoms with Crippen LogP contribution in [-0.4, -0.2) is 28.5 Å². The normalized spacial score (nSPS) is 24.7. The predicted octanol–water partition coefficient (Wildman–Crippen LogP) is 5.36. The number of amides is 3. The Labute approximate surface area is 211 Å². The molecule has 1 aliphatic heterocycles. The lowest BCUT2D eigenvalue weighted by molar-refractivity contribution is -0.137. The molecule has 11 heteroatoms. The van der Waals surface area contributed by atoms with Crippen LogP contribution in [0.4, 0.5) is 24.5 Å². The topological polar surface area (TPSA) is 79.4 Å². The number of rotatable bonds is 5. The van der Waals surface area contributed by atoms with E-state index in [1.54, 1.807) is 18.2 Å². The largest absolute Gasteiger partial charge is 0.416 e. The second kappa shape index (κ2) is 8.45. The lowest BCUT2D eigenvalue weighted by Gasteiger charge is -2.17. The van der Waals surface area contributed by atoms with Gasteiger partial charge >= 0.3 is 6.18 Å². The Hall–Kier alpha value is -3.18. The van der Waals surface area contributed by atoms with E-state index < -0.39 is 17.6 Å². The van der Waals surface area contributed by atoms with Crippen molar-refractivity contribution >= 4 is 62.4 Å². The Kier molecular flexibility index (Phi) is 5.45. The molecule has 1 saturated heterocycles. The van der Waals surface area contributed by atoms with E-state index in [4.69, 9.17) is 0 Å². The van der Waals surface area contributed by atoms with Crippen LogP contribution in [0.5, 0.6) is 0 Å². The number of thiazole rings is 1. The van der Waals surface area contributed by atoms with Crippen LogP contribution in [0, 0.1) is 23.7 Å². The molecule has 0 unspecified atom stereocenters. The first-order valence-electron chi connectivity index (χ1n) is 11.3. The van der Waals surface area contributed by atoms with Gasteiger partial charge in [-0.3, -0.25) is 14.4 Å². The molecule has 6 nitrogen and oxygen atoms in total. The number of hydrogen-bond donors (Lipinski definition) is 1. The molecule has 2 aliphatic carbocycles. The SMILES string of the molecule is O=C(CSc1nc2ccc(N3C(=O)[C@@H]4[C@@H](C3=O)[C@H]3C=C[C@H]4C3)cc2s1)Nc1cccc(C(F)(F)F)c1. The van der Waals surface area contributed by atoms with Gasteiger partial charge in [0.1, 0.15) is 0 Å². The molecule has 1 aromatic heterocycles. The predicted molar refractivity (Wildman–Crippen MR) is 131 cm³/mol. The van der Waals surface area contributed by atoms with E-state index in [2.05, 4.69) is 22.5 Å². The van der Waals surface area contributed by atoms with Crippen molar-refractivity contribution in [1.82, 2.24) is 4.98 Å². The van der Waals surface area contributed by atoms with Gasteiger partial charge < -0.3 is 5.32 Å². The van der Waals surface area contributed by atoms with Crippen LogP contribution < -0.4 is 10.2 Å². The molecule has 0 radical (unpaired) electrons. The summed E-state index contributed by atoms with van der Waals surface area (Å²) < 4.78 is 40.0. The second-order valence-corrected chi connectivity index (χ2v) is 11.3. The Morgan fingerprint density at radius 3 is 2.50 bits per heavy atom. The minimum Gasteiger partial charge on any atom is -0.325 e. The average Bonchev–Trinajstić information content (AvgIpc) is 3.60. The smallest absolute Gasteiger partial charge is 0.325 e. The van der Waals surface area contributed by atoms with Gasteiger partial charge in [0.2, 0.25) is 17.7 Å². The summed E-state index contributed by atoms with van der Waals surface area (Å²) >= 11 is 2.49. The number of benzene rings is 2. The number of aromatic nitrogens is 1. The summed E-state index contributed by atoms with van der Waals surface area (Å²) in [6.07, 6.45) is 0.491. The highest BCUT2D eigenvalue weighted by molar-refractivity contribution is 8.01. The summed E-state index contributed by atoms with van der Waals surface area (Å²) in [7, 11) is 0. The van der Waals surface area contributed by atoms with E-state index in [1.165, 1.54) is 28.4 Å². The zero-order valence-corrected chi connectivity index (χ0v) is 20.1. The zero-order chi connectivity index (χ0) is 25.2. The molecule has 1 saturated carbocycles. The number of nitrogens with one attached hydrogen (secondary N) is 1. The van der Waals surface area contributed by atoms with E-state index in [0.29, 0.717) is 15.5 Å². The summed E-state index contributed by atoms with van der Waals surface area (Å²) in [6.45, 7) is 0. The number of allylic oxidation sites excluding steroid dienone is 2. The number of thioether (sulfide) groups is 1. The summed E-state index contributed by atoms with van der Waals surface area (Å²) in [4.78, 5) is 44.2. The van der Waals surface area contributed by atoms with E-state index >= 15 is 0 Å². The molecule has 3 aliphatic rings. The lowest BCUT2D eigenvalue weighted by Crippen LogP contribution is -2.32. The van der Waals surface area contributed by atoms with Gasteiger partial charge in [0.15, 0.2) is 4.34 Å². The minimum atomic E-state index is -4.49. The number of anilines is 2. The van der Waals surface area contributed by atoms with E-state index in [-0.39, 0.29) is 46.9 Å². The fourth-order valence-corrected chi connectivity index (χ4v) is 7.25. The first-order chi connectivity index (χ1) is 17.2.